The predicted octanol–water partition coefficient (Wildman–Crippen LogP) is 6.45. The van der Waals surface area contributed by atoms with Crippen LogP contribution in [0.5, 0.6) is 0 Å². The summed E-state index contributed by atoms with van der Waals surface area (Å²) >= 11 is 0. The Kier molecular flexibility index (Phi) is 6.22. The number of pyridine rings is 1. The number of halogens is 1. The molecule has 0 radical (unpaired) electrons. The third-order valence-corrected chi connectivity index (χ3v) is 6.78. The van der Waals surface area contributed by atoms with Gasteiger partial charge in [-0.05, 0) is 73.7 Å². The van der Waals surface area contributed by atoms with Crippen LogP contribution in [-0.2, 0) is 25.9 Å². The van der Waals surface area contributed by atoms with E-state index in [-0.39, 0.29) is 18.0 Å². The number of benzene rings is 2. The lowest BCUT2D eigenvalue weighted by Crippen LogP contribution is -2.17. The highest BCUT2D eigenvalue weighted by molar-refractivity contribution is 5.96. The molecule has 5 nitrogen and oxygen atoms in total. The van der Waals surface area contributed by atoms with E-state index in [9.17, 15) is 4.79 Å². The largest absolute Gasteiger partial charge is 0.454 e. The molecule has 0 N–H and O–H groups in total. The Bertz CT molecular complexity index is 1590. The molecule has 3 heterocycles. The maximum absolute atomic E-state index is 12.4. The molecule has 0 aliphatic heterocycles. The van der Waals surface area contributed by atoms with Gasteiger partial charge in [-0.15, -0.1) is 12.4 Å². The summed E-state index contributed by atoms with van der Waals surface area (Å²) in [4.78, 5) is 19.3. The number of nitrogens with zero attached hydrogens (tertiary/aromatic N) is 2. The Morgan fingerprint density at radius 1 is 0.943 bits per heavy atom. The van der Waals surface area contributed by atoms with Gasteiger partial charge in [0.25, 0.3) is 0 Å². The van der Waals surface area contributed by atoms with Gasteiger partial charge in [-0.2, -0.15) is 0 Å². The summed E-state index contributed by atoms with van der Waals surface area (Å²) in [5.74, 6) is 0.675. The zero-order valence-corrected chi connectivity index (χ0v) is 20.7. The fourth-order valence-corrected chi connectivity index (χ4v) is 5.14. The molecule has 0 saturated carbocycles. The Morgan fingerprint density at radius 3 is 2.51 bits per heavy atom. The van der Waals surface area contributed by atoms with Gasteiger partial charge in [0.2, 0.25) is 0 Å². The quantitative estimate of drug-likeness (QED) is 0.267. The first-order valence-corrected chi connectivity index (χ1v) is 11.8. The molecule has 0 atom stereocenters. The van der Waals surface area contributed by atoms with E-state index >= 15 is 0 Å². The second kappa shape index (κ2) is 9.33. The molecule has 0 bridgehead atoms. The highest BCUT2D eigenvalue weighted by Gasteiger charge is 2.19. The van der Waals surface area contributed by atoms with Crippen LogP contribution in [0.25, 0.3) is 33.3 Å². The van der Waals surface area contributed by atoms with Gasteiger partial charge in [-0.3, -0.25) is 9.88 Å². The van der Waals surface area contributed by atoms with Crippen molar-refractivity contribution < 1.29 is 8.83 Å². The molecule has 0 amide bonds. The summed E-state index contributed by atoms with van der Waals surface area (Å²) in [6.07, 6.45) is 5.17. The molecule has 6 heteroatoms. The summed E-state index contributed by atoms with van der Waals surface area (Å²) in [6, 6.07) is 18.2. The molecule has 0 spiro atoms. The lowest BCUT2D eigenvalue weighted by molar-refractivity contribution is 0.320. The van der Waals surface area contributed by atoms with Crippen molar-refractivity contribution in [1.82, 2.24) is 9.88 Å². The van der Waals surface area contributed by atoms with E-state index in [0.717, 1.165) is 65.5 Å². The molecule has 178 valence electrons. The second-order valence-electron chi connectivity index (χ2n) is 9.33. The predicted molar refractivity (Wildman–Crippen MR) is 141 cm³/mol. The van der Waals surface area contributed by atoms with E-state index in [0.29, 0.717) is 11.3 Å². The lowest BCUT2D eigenvalue weighted by atomic mass is 10.0. The van der Waals surface area contributed by atoms with E-state index in [1.165, 1.54) is 16.7 Å². The molecular formula is C29H27ClN2O3. The summed E-state index contributed by atoms with van der Waals surface area (Å²) in [6.45, 7) is 3.54. The molecule has 5 aromatic rings. The molecule has 2 aromatic carbocycles. The van der Waals surface area contributed by atoms with Crippen LogP contribution in [0.4, 0.5) is 0 Å². The van der Waals surface area contributed by atoms with Gasteiger partial charge in [0.05, 0.1) is 5.69 Å². The Morgan fingerprint density at radius 2 is 1.71 bits per heavy atom. The molecular weight excluding hydrogens is 460 g/mol. The average Bonchev–Trinajstić information content (AvgIpc) is 3.47. The van der Waals surface area contributed by atoms with Crippen molar-refractivity contribution in [3.05, 3.63) is 99.2 Å². The smallest absolute Gasteiger partial charge is 0.336 e. The summed E-state index contributed by atoms with van der Waals surface area (Å²) in [7, 11) is 2.11. The van der Waals surface area contributed by atoms with Crippen molar-refractivity contribution in [2.75, 3.05) is 7.05 Å². The number of rotatable bonds is 5. The first-order valence-electron chi connectivity index (χ1n) is 11.8. The number of fused-ring (bicyclic) bond motifs is 3. The normalized spacial score (nSPS) is 12.9. The molecule has 35 heavy (non-hydrogen) atoms. The van der Waals surface area contributed by atoms with Crippen LogP contribution in [-0.4, -0.2) is 16.9 Å². The van der Waals surface area contributed by atoms with Crippen molar-refractivity contribution in [3.8, 4) is 11.3 Å². The highest BCUT2D eigenvalue weighted by atomic mass is 35.5. The van der Waals surface area contributed by atoms with E-state index < -0.39 is 0 Å². The van der Waals surface area contributed by atoms with E-state index in [1.807, 2.05) is 25.3 Å². The van der Waals surface area contributed by atoms with Gasteiger partial charge in [0.15, 0.2) is 5.58 Å². The fraction of sp³-hybridized carbons (Fsp3) is 0.241. The zero-order valence-electron chi connectivity index (χ0n) is 19.8. The molecule has 1 aliphatic rings. The third kappa shape index (κ3) is 4.38. The Labute approximate surface area is 209 Å². The zero-order chi connectivity index (χ0) is 23.2. The maximum Gasteiger partial charge on any atom is 0.336 e. The van der Waals surface area contributed by atoms with E-state index in [4.69, 9.17) is 8.83 Å². The fourth-order valence-electron chi connectivity index (χ4n) is 5.14. The Hall–Kier alpha value is -3.41. The van der Waals surface area contributed by atoms with Crippen molar-refractivity contribution in [2.45, 2.75) is 39.3 Å². The van der Waals surface area contributed by atoms with Crippen molar-refractivity contribution in [3.63, 3.8) is 0 Å². The van der Waals surface area contributed by atoms with Crippen LogP contribution in [0, 0.1) is 6.92 Å². The number of aromatic nitrogens is 1. The monoisotopic (exact) mass is 486 g/mol. The van der Waals surface area contributed by atoms with Crippen molar-refractivity contribution >= 4 is 34.3 Å². The minimum Gasteiger partial charge on any atom is -0.454 e. The first-order chi connectivity index (χ1) is 16.5. The van der Waals surface area contributed by atoms with E-state index in [1.54, 1.807) is 6.07 Å². The topological polar surface area (TPSA) is 59.5 Å². The highest BCUT2D eigenvalue weighted by Crippen LogP contribution is 2.36. The molecule has 0 saturated heterocycles. The van der Waals surface area contributed by atoms with Crippen LogP contribution < -0.4 is 5.63 Å². The second-order valence-corrected chi connectivity index (χ2v) is 9.33. The van der Waals surface area contributed by atoms with Gasteiger partial charge in [0.1, 0.15) is 11.3 Å². The van der Waals surface area contributed by atoms with Gasteiger partial charge in [-0.1, -0.05) is 30.3 Å². The van der Waals surface area contributed by atoms with Crippen LogP contribution in [0.2, 0.25) is 0 Å². The number of hydrogen-bond donors (Lipinski definition) is 0. The number of aryl methyl sites for hydroxylation is 3. The molecule has 0 unspecified atom stereocenters. The maximum atomic E-state index is 12.4. The Balaban J connectivity index is 0.00000253. The van der Waals surface area contributed by atoms with Gasteiger partial charge < -0.3 is 8.83 Å². The minimum atomic E-state index is -0.362. The SMILES string of the molecule is Cc1ncc(CN(C)Cc2ccccc2)c2cc(-c3cc(=O)oc4cc5c(cc34)CCC5)oc12.Cl. The number of furan rings is 1. The van der Waals surface area contributed by atoms with Crippen molar-refractivity contribution in [2.24, 2.45) is 0 Å². The third-order valence-electron chi connectivity index (χ3n) is 6.78. The molecule has 3 aromatic heterocycles. The van der Waals surface area contributed by atoms with Gasteiger partial charge in [-0.25, -0.2) is 4.79 Å². The molecule has 0 fully saturated rings. The van der Waals surface area contributed by atoms with Crippen LogP contribution in [0.15, 0.2) is 74.4 Å². The average molecular weight is 487 g/mol. The standard InChI is InChI=1S/C29H26N2O3.ClH/c1-18-29-23(22(15-30-18)17-31(2)16-19-7-4-3-5-8-19)13-27(34-29)25-14-28(32)33-26-12-21-10-6-9-20(21)11-24(25)26;/h3-5,7-8,11-15H,6,9-10,16-17H2,1-2H3;1H. The van der Waals surface area contributed by atoms with E-state index in [2.05, 4.69) is 53.3 Å². The van der Waals surface area contributed by atoms with Crippen LogP contribution >= 0.6 is 12.4 Å². The molecule has 1 aliphatic carbocycles. The lowest BCUT2D eigenvalue weighted by Gasteiger charge is -2.17. The molecule has 6 rings (SSSR count). The first kappa shape index (κ1) is 23.3. The number of hydrogen-bond acceptors (Lipinski definition) is 5. The van der Waals surface area contributed by atoms with Gasteiger partial charge in [0, 0.05) is 41.7 Å². The summed E-state index contributed by atoms with van der Waals surface area (Å²) < 4.78 is 11.9. The van der Waals surface area contributed by atoms with Crippen LogP contribution in [0.1, 0.15) is 34.4 Å². The van der Waals surface area contributed by atoms with Crippen molar-refractivity contribution in [1.29, 1.82) is 0 Å². The van der Waals surface area contributed by atoms with Gasteiger partial charge >= 0.3 is 5.63 Å². The summed E-state index contributed by atoms with van der Waals surface area (Å²) in [5, 5.41) is 1.96. The minimum absolute atomic E-state index is 0. The summed E-state index contributed by atoms with van der Waals surface area (Å²) in [5.41, 5.74) is 7.62. The van der Waals surface area contributed by atoms with Crippen LogP contribution in [0.3, 0.4) is 0 Å².